The van der Waals surface area contributed by atoms with Gasteiger partial charge < -0.3 is 10.4 Å². The number of hydrogen-bond acceptors (Lipinski definition) is 2. The van der Waals surface area contributed by atoms with Crippen molar-refractivity contribution in [2.24, 2.45) is 0 Å². The number of aliphatic hydroxyl groups is 1. The summed E-state index contributed by atoms with van der Waals surface area (Å²) < 4.78 is 0. The van der Waals surface area contributed by atoms with Crippen LogP contribution in [0.15, 0.2) is 36.9 Å². The van der Waals surface area contributed by atoms with Crippen molar-refractivity contribution in [3.8, 4) is 0 Å². The third-order valence-electron chi connectivity index (χ3n) is 2.13. The second-order valence-corrected chi connectivity index (χ2v) is 3.73. The van der Waals surface area contributed by atoms with Crippen LogP contribution >= 0.6 is 11.6 Å². The summed E-state index contributed by atoms with van der Waals surface area (Å²) in [6, 6.07) is 7.34. The fraction of sp³-hybridized carbons (Fsp3) is 0.333. The molecule has 0 heterocycles. The molecular weight excluding hydrogens is 210 g/mol. The zero-order valence-electron chi connectivity index (χ0n) is 8.62. The van der Waals surface area contributed by atoms with Gasteiger partial charge in [0.25, 0.3) is 0 Å². The van der Waals surface area contributed by atoms with E-state index in [4.69, 9.17) is 11.6 Å². The lowest BCUT2D eigenvalue weighted by molar-refractivity contribution is 0.175. The molecule has 1 unspecified atom stereocenters. The predicted octanol–water partition coefficient (Wildman–Crippen LogP) is 2.54. The molecule has 0 saturated heterocycles. The highest BCUT2D eigenvalue weighted by Gasteiger charge is 2.09. The summed E-state index contributed by atoms with van der Waals surface area (Å²) >= 11 is 5.96. The first-order valence-corrected chi connectivity index (χ1v) is 5.37. The van der Waals surface area contributed by atoms with E-state index in [-0.39, 0.29) is 0 Å². The van der Waals surface area contributed by atoms with E-state index in [2.05, 4.69) is 11.9 Å². The van der Waals surface area contributed by atoms with Gasteiger partial charge in [-0.3, -0.25) is 0 Å². The quantitative estimate of drug-likeness (QED) is 0.576. The standard InChI is InChI=1S/C12H16ClNO/c1-2-3-8-14-9-12(15)10-6-4-5-7-11(10)13/h2,4-7,12,14-15H,1,3,8-9H2. The summed E-state index contributed by atoms with van der Waals surface area (Å²) in [5, 5.41) is 13.6. The molecular formula is C12H16ClNO. The summed E-state index contributed by atoms with van der Waals surface area (Å²) in [7, 11) is 0. The Morgan fingerprint density at radius 1 is 1.47 bits per heavy atom. The lowest BCUT2D eigenvalue weighted by Gasteiger charge is -2.13. The van der Waals surface area contributed by atoms with Gasteiger partial charge in [0.05, 0.1) is 6.10 Å². The Labute approximate surface area is 95.6 Å². The molecule has 0 aliphatic heterocycles. The molecule has 0 saturated carbocycles. The number of hydrogen-bond donors (Lipinski definition) is 2. The Morgan fingerprint density at radius 3 is 2.87 bits per heavy atom. The van der Waals surface area contributed by atoms with Gasteiger partial charge in [-0.25, -0.2) is 0 Å². The van der Waals surface area contributed by atoms with Crippen molar-refractivity contribution in [3.05, 3.63) is 47.5 Å². The number of nitrogens with one attached hydrogen (secondary N) is 1. The third kappa shape index (κ3) is 4.04. The zero-order valence-corrected chi connectivity index (χ0v) is 9.37. The van der Waals surface area contributed by atoms with E-state index in [1.54, 1.807) is 6.07 Å². The van der Waals surface area contributed by atoms with Gasteiger partial charge in [-0.2, -0.15) is 0 Å². The predicted molar refractivity (Wildman–Crippen MR) is 64.1 cm³/mol. The minimum absolute atomic E-state index is 0.511. The molecule has 3 heteroatoms. The lowest BCUT2D eigenvalue weighted by Crippen LogP contribution is -2.22. The second kappa shape index (κ2) is 6.62. The van der Waals surface area contributed by atoms with Crippen LogP contribution in [-0.2, 0) is 0 Å². The van der Waals surface area contributed by atoms with Crippen LogP contribution in [0.5, 0.6) is 0 Å². The topological polar surface area (TPSA) is 32.3 Å². The largest absolute Gasteiger partial charge is 0.387 e. The summed E-state index contributed by atoms with van der Waals surface area (Å²) in [6.45, 7) is 4.96. The van der Waals surface area contributed by atoms with E-state index in [0.29, 0.717) is 11.6 Å². The Bertz CT molecular complexity index is 314. The summed E-state index contributed by atoms with van der Waals surface area (Å²) in [5.41, 5.74) is 0.769. The normalized spacial score (nSPS) is 12.4. The summed E-state index contributed by atoms with van der Waals surface area (Å²) in [6.07, 6.45) is 2.19. The van der Waals surface area contributed by atoms with Crippen molar-refractivity contribution in [1.29, 1.82) is 0 Å². The van der Waals surface area contributed by atoms with E-state index in [1.807, 2.05) is 24.3 Å². The monoisotopic (exact) mass is 225 g/mol. The van der Waals surface area contributed by atoms with Crippen LogP contribution < -0.4 is 5.32 Å². The van der Waals surface area contributed by atoms with Crippen LogP contribution in [0.1, 0.15) is 18.1 Å². The molecule has 2 N–H and O–H groups in total. The number of aliphatic hydroxyl groups excluding tert-OH is 1. The van der Waals surface area contributed by atoms with Crippen LogP contribution in [-0.4, -0.2) is 18.2 Å². The molecule has 0 aromatic heterocycles. The van der Waals surface area contributed by atoms with E-state index < -0.39 is 6.10 Å². The maximum Gasteiger partial charge on any atom is 0.0928 e. The Kier molecular flexibility index (Phi) is 5.40. The molecule has 0 spiro atoms. The van der Waals surface area contributed by atoms with Crippen LogP contribution in [0.2, 0.25) is 5.02 Å². The fourth-order valence-electron chi connectivity index (χ4n) is 1.30. The van der Waals surface area contributed by atoms with Crippen LogP contribution in [0, 0.1) is 0 Å². The number of benzene rings is 1. The van der Waals surface area contributed by atoms with Crippen LogP contribution in [0.4, 0.5) is 0 Å². The van der Waals surface area contributed by atoms with Crippen molar-refractivity contribution >= 4 is 11.6 Å². The zero-order chi connectivity index (χ0) is 11.1. The van der Waals surface area contributed by atoms with Crippen molar-refractivity contribution < 1.29 is 5.11 Å². The third-order valence-corrected chi connectivity index (χ3v) is 2.47. The smallest absolute Gasteiger partial charge is 0.0928 e. The molecule has 0 bridgehead atoms. The second-order valence-electron chi connectivity index (χ2n) is 3.32. The first-order valence-electron chi connectivity index (χ1n) is 5.00. The highest BCUT2D eigenvalue weighted by Crippen LogP contribution is 2.21. The first-order chi connectivity index (χ1) is 7.25. The van der Waals surface area contributed by atoms with Gasteiger partial charge in [0.1, 0.15) is 0 Å². The molecule has 1 rings (SSSR count). The SMILES string of the molecule is C=CCCNCC(O)c1ccccc1Cl. The molecule has 0 fully saturated rings. The molecule has 15 heavy (non-hydrogen) atoms. The van der Waals surface area contributed by atoms with Crippen molar-refractivity contribution in [2.75, 3.05) is 13.1 Å². The van der Waals surface area contributed by atoms with Gasteiger partial charge in [-0.05, 0) is 19.0 Å². The van der Waals surface area contributed by atoms with E-state index in [9.17, 15) is 5.11 Å². The van der Waals surface area contributed by atoms with Gasteiger partial charge in [-0.1, -0.05) is 35.9 Å². The summed E-state index contributed by atoms with van der Waals surface area (Å²) in [5.74, 6) is 0. The van der Waals surface area contributed by atoms with Crippen molar-refractivity contribution in [2.45, 2.75) is 12.5 Å². The van der Waals surface area contributed by atoms with Crippen LogP contribution in [0.3, 0.4) is 0 Å². The maximum absolute atomic E-state index is 9.83. The molecule has 82 valence electrons. The van der Waals surface area contributed by atoms with Crippen molar-refractivity contribution in [3.63, 3.8) is 0 Å². The highest BCUT2D eigenvalue weighted by molar-refractivity contribution is 6.31. The van der Waals surface area contributed by atoms with Gasteiger partial charge >= 0.3 is 0 Å². The molecule has 0 radical (unpaired) electrons. The van der Waals surface area contributed by atoms with E-state index in [0.717, 1.165) is 18.5 Å². The van der Waals surface area contributed by atoms with Gasteiger partial charge in [-0.15, -0.1) is 6.58 Å². The number of halogens is 1. The minimum atomic E-state index is -0.552. The van der Waals surface area contributed by atoms with E-state index >= 15 is 0 Å². The molecule has 0 aliphatic rings. The summed E-state index contributed by atoms with van der Waals surface area (Å²) in [4.78, 5) is 0. The highest BCUT2D eigenvalue weighted by atomic mass is 35.5. The van der Waals surface area contributed by atoms with Crippen molar-refractivity contribution in [1.82, 2.24) is 5.32 Å². The number of rotatable bonds is 6. The van der Waals surface area contributed by atoms with E-state index in [1.165, 1.54) is 0 Å². The van der Waals surface area contributed by atoms with Gasteiger partial charge in [0.2, 0.25) is 0 Å². The molecule has 2 nitrogen and oxygen atoms in total. The first kappa shape index (κ1) is 12.2. The molecule has 1 aromatic rings. The molecule has 1 atom stereocenters. The van der Waals surface area contributed by atoms with Gasteiger partial charge in [0, 0.05) is 17.1 Å². The van der Waals surface area contributed by atoms with Gasteiger partial charge in [0.15, 0.2) is 0 Å². The maximum atomic E-state index is 9.83. The Morgan fingerprint density at radius 2 is 2.20 bits per heavy atom. The molecule has 0 amide bonds. The Balaban J connectivity index is 2.43. The van der Waals surface area contributed by atoms with Crippen LogP contribution in [0.25, 0.3) is 0 Å². The minimum Gasteiger partial charge on any atom is -0.387 e. The molecule has 1 aromatic carbocycles. The average Bonchev–Trinajstić information content (AvgIpc) is 2.25. The fourth-order valence-corrected chi connectivity index (χ4v) is 1.56. The molecule has 0 aliphatic carbocycles. The lowest BCUT2D eigenvalue weighted by atomic mass is 10.1. The average molecular weight is 226 g/mol. The Hall–Kier alpha value is -0.830.